The molecule has 0 aliphatic carbocycles. The molecule has 2 rings (SSSR count). The molecule has 2 aromatic rings. The first-order valence-electron chi connectivity index (χ1n) is 3.09. The van der Waals surface area contributed by atoms with Crippen LogP contribution in [0.5, 0.6) is 0 Å². The van der Waals surface area contributed by atoms with Gasteiger partial charge in [0, 0.05) is 18.0 Å². The highest BCUT2D eigenvalue weighted by Gasteiger charge is 1.97. The van der Waals surface area contributed by atoms with E-state index >= 15 is 0 Å². The smallest absolute Gasteiger partial charge is 0.347 e. The molecule has 0 bridgehead atoms. The van der Waals surface area contributed by atoms with Crippen molar-refractivity contribution in [2.45, 2.75) is 0 Å². The maximum atomic E-state index is 10.9. The molecule has 5 nitrogen and oxygen atoms in total. The highest BCUT2D eigenvalue weighted by atomic mass is 16.1. The molecule has 5 heteroatoms. The van der Waals surface area contributed by atoms with Gasteiger partial charge in [0.1, 0.15) is 0 Å². The predicted molar refractivity (Wildman–Crippen MR) is 40.2 cm³/mol. The Morgan fingerprint density at radius 1 is 1.64 bits per heavy atom. The van der Waals surface area contributed by atoms with Gasteiger partial charge in [0.25, 0.3) is 0 Å². The largest absolute Gasteiger partial charge is 0.399 e. The van der Waals surface area contributed by atoms with Gasteiger partial charge in [-0.3, -0.25) is 4.40 Å². The number of aromatic nitrogens is 3. The van der Waals surface area contributed by atoms with Crippen LogP contribution < -0.4 is 11.4 Å². The summed E-state index contributed by atoms with van der Waals surface area (Å²) in [4.78, 5) is 10.9. The average Bonchev–Trinajstić information content (AvgIpc) is 2.32. The Morgan fingerprint density at radius 3 is 3.27 bits per heavy atom. The van der Waals surface area contributed by atoms with Crippen LogP contribution in [0, 0.1) is 0 Å². The lowest BCUT2D eigenvalue weighted by molar-refractivity contribution is 1.02. The van der Waals surface area contributed by atoms with Crippen molar-refractivity contribution in [1.29, 1.82) is 0 Å². The van der Waals surface area contributed by atoms with Gasteiger partial charge < -0.3 is 5.73 Å². The summed E-state index contributed by atoms with van der Waals surface area (Å²) in [6.45, 7) is 0. The van der Waals surface area contributed by atoms with Crippen LogP contribution in [0.3, 0.4) is 0 Å². The van der Waals surface area contributed by atoms with Crippen LogP contribution in [0.25, 0.3) is 5.65 Å². The van der Waals surface area contributed by atoms with Crippen LogP contribution in [0.1, 0.15) is 0 Å². The number of nitrogens with two attached hydrogens (primary N) is 1. The Kier molecular flexibility index (Phi) is 1.00. The fraction of sp³-hybridized carbons (Fsp3) is 0. The van der Waals surface area contributed by atoms with Crippen molar-refractivity contribution < 1.29 is 0 Å². The molecule has 3 N–H and O–H groups in total. The molecule has 0 radical (unpaired) electrons. The van der Waals surface area contributed by atoms with E-state index in [1.54, 1.807) is 18.3 Å². The van der Waals surface area contributed by atoms with E-state index in [1.807, 2.05) is 0 Å². The third-order valence-corrected chi connectivity index (χ3v) is 1.44. The molecule has 0 fully saturated rings. The number of fused-ring (bicyclic) bond motifs is 1. The second-order valence-corrected chi connectivity index (χ2v) is 2.22. The summed E-state index contributed by atoms with van der Waals surface area (Å²) in [5, 5.41) is 6.03. The van der Waals surface area contributed by atoms with Crippen LogP contribution in [0.15, 0.2) is 23.1 Å². The van der Waals surface area contributed by atoms with E-state index in [0.717, 1.165) is 0 Å². The fourth-order valence-corrected chi connectivity index (χ4v) is 0.921. The van der Waals surface area contributed by atoms with Crippen LogP contribution in [-0.2, 0) is 0 Å². The first-order valence-corrected chi connectivity index (χ1v) is 3.09. The van der Waals surface area contributed by atoms with Gasteiger partial charge in [-0.05, 0) is 6.07 Å². The van der Waals surface area contributed by atoms with E-state index in [-0.39, 0.29) is 5.69 Å². The maximum Gasteiger partial charge on any atom is 0.347 e. The van der Waals surface area contributed by atoms with Crippen molar-refractivity contribution in [1.82, 2.24) is 14.6 Å². The lowest BCUT2D eigenvalue weighted by Gasteiger charge is -1.90. The summed E-state index contributed by atoms with van der Waals surface area (Å²) >= 11 is 0. The van der Waals surface area contributed by atoms with Crippen molar-refractivity contribution in [3.8, 4) is 0 Å². The number of hydrogen-bond donors (Lipinski definition) is 2. The first kappa shape index (κ1) is 5.96. The molecule has 0 amide bonds. The van der Waals surface area contributed by atoms with Crippen molar-refractivity contribution in [2.24, 2.45) is 0 Å². The van der Waals surface area contributed by atoms with Gasteiger partial charge in [-0.25, -0.2) is 9.89 Å². The molecule has 11 heavy (non-hydrogen) atoms. The molecule has 0 aromatic carbocycles. The van der Waals surface area contributed by atoms with E-state index < -0.39 is 0 Å². The summed E-state index contributed by atoms with van der Waals surface area (Å²) < 4.78 is 1.39. The molecular weight excluding hydrogens is 144 g/mol. The van der Waals surface area contributed by atoms with Gasteiger partial charge in [0.05, 0.1) is 0 Å². The first-order chi connectivity index (χ1) is 5.27. The van der Waals surface area contributed by atoms with Crippen molar-refractivity contribution in [2.75, 3.05) is 5.73 Å². The molecule has 0 spiro atoms. The third-order valence-electron chi connectivity index (χ3n) is 1.44. The Morgan fingerprint density at radius 2 is 2.45 bits per heavy atom. The van der Waals surface area contributed by atoms with E-state index in [1.165, 1.54) is 4.40 Å². The fourth-order valence-electron chi connectivity index (χ4n) is 0.921. The predicted octanol–water partition coefficient (Wildman–Crippen LogP) is -0.395. The van der Waals surface area contributed by atoms with E-state index in [0.29, 0.717) is 11.3 Å². The van der Waals surface area contributed by atoms with Crippen molar-refractivity contribution >= 4 is 11.3 Å². The monoisotopic (exact) mass is 150 g/mol. The lowest BCUT2D eigenvalue weighted by atomic mass is 10.4. The number of anilines is 1. The molecule has 0 aliphatic rings. The van der Waals surface area contributed by atoms with Crippen LogP contribution >= 0.6 is 0 Å². The van der Waals surface area contributed by atoms with Crippen LogP contribution in [0.2, 0.25) is 0 Å². The summed E-state index contributed by atoms with van der Waals surface area (Å²) in [6.07, 6.45) is 1.58. The van der Waals surface area contributed by atoms with Gasteiger partial charge in [-0.15, -0.1) is 0 Å². The highest BCUT2D eigenvalue weighted by molar-refractivity contribution is 5.50. The Labute approximate surface area is 61.5 Å². The summed E-state index contributed by atoms with van der Waals surface area (Å²) in [5.74, 6) is 0. The van der Waals surface area contributed by atoms with E-state index in [4.69, 9.17) is 5.73 Å². The number of aromatic amines is 1. The minimum atomic E-state index is -0.250. The number of pyridine rings is 1. The van der Waals surface area contributed by atoms with E-state index in [2.05, 4.69) is 10.2 Å². The maximum absolute atomic E-state index is 10.9. The summed E-state index contributed by atoms with van der Waals surface area (Å²) in [5.41, 5.74) is 6.34. The lowest BCUT2D eigenvalue weighted by Crippen LogP contribution is -2.08. The molecule has 0 saturated heterocycles. The number of nitrogens with one attached hydrogen (secondary N) is 1. The third kappa shape index (κ3) is 0.778. The van der Waals surface area contributed by atoms with Crippen molar-refractivity contribution in [3.63, 3.8) is 0 Å². The number of nitrogens with zero attached hydrogens (tertiary/aromatic N) is 2. The van der Waals surface area contributed by atoms with Crippen LogP contribution in [-0.4, -0.2) is 14.6 Å². The van der Waals surface area contributed by atoms with Gasteiger partial charge in [0.2, 0.25) is 0 Å². The molecule has 2 heterocycles. The zero-order valence-electron chi connectivity index (χ0n) is 5.61. The summed E-state index contributed by atoms with van der Waals surface area (Å²) in [7, 11) is 0. The Bertz CT molecular complexity index is 441. The van der Waals surface area contributed by atoms with Gasteiger partial charge in [-0.1, -0.05) is 0 Å². The Balaban J connectivity index is 2.97. The SMILES string of the molecule is Nc1ccn2c(=O)[nH]nc2c1. The molecule has 2 aromatic heterocycles. The van der Waals surface area contributed by atoms with E-state index in [9.17, 15) is 4.79 Å². The quantitative estimate of drug-likeness (QED) is 0.536. The van der Waals surface area contributed by atoms with Crippen molar-refractivity contribution in [3.05, 3.63) is 28.8 Å². The molecule has 0 atom stereocenters. The number of rotatable bonds is 0. The van der Waals surface area contributed by atoms with Gasteiger partial charge in [-0.2, -0.15) is 5.10 Å². The second kappa shape index (κ2) is 1.85. The molecule has 56 valence electrons. The molecule has 0 aliphatic heterocycles. The summed E-state index contributed by atoms with van der Waals surface area (Å²) in [6, 6.07) is 3.27. The number of H-pyrrole nitrogens is 1. The normalized spacial score (nSPS) is 10.5. The highest BCUT2D eigenvalue weighted by Crippen LogP contribution is 2.02. The van der Waals surface area contributed by atoms with Gasteiger partial charge in [0.15, 0.2) is 5.65 Å². The molecular formula is C6H6N4O. The van der Waals surface area contributed by atoms with Gasteiger partial charge >= 0.3 is 5.69 Å². The average molecular weight is 150 g/mol. The molecule has 0 saturated carbocycles. The topological polar surface area (TPSA) is 76.2 Å². The molecule has 0 unspecified atom stereocenters. The minimum Gasteiger partial charge on any atom is -0.399 e. The minimum absolute atomic E-state index is 0.250. The van der Waals surface area contributed by atoms with Crippen LogP contribution in [0.4, 0.5) is 5.69 Å². The zero-order chi connectivity index (χ0) is 7.84. The number of nitrogen functional groups attached to an aromatic ring is 1. The second-order valence-electron chi connectivity index (χ2n) is 2.22. The standard InChI is InChI=1S/C6H6N4O/c7-4-1-2-10-5(3-4)8-9-6(10)11/h1-3H,7H2,(H,9,11). The number of hydrogen-bond acceptors (Lipinski definition) is 3. The Hall–Kier alpha value is -1.78. The zero-order valence-corrected chi connectivity index (χ0v) is 5.61.